The molecule has 2 saturated heterocycles. The van der Waals surface area contributed by atoms with Gasteiger partial charge in [-0.05, 0) is 50.6 Å². The minimum atomic E-state index is 0.681. The Kier molecular flexibility index (Phi) is 4.34. The van der Waals surface area contributed by atoms with Crippen molar-refractivity contribution in [3.8, 4) is 0 Å². The molecule has 2 aromatic rings. The number of rotatable bonds is 3. The lowest BCUT2D eigenvalue weighted by Gasteiger charge is -2.37. The maximum atomic E-state index is 4.60. The highest BCUT2D eigenvalue weighted by Crippen LogP contribution is 2.29. The molecule has 2 unspecified atom stereocenters. The van der Waals surface area contributed by atoms with Crippen LogP contribution in [0.1, 0.15) is 25.7 Å². The Morgan fingerprint density at radius 1 is 1.04 bits per heavy atom. The van der Waals surface area contributed by atoms with Crippen molar-refractivity contribution < 1.29 is 0 Å². The zero-order chi connectivity index (χ0) is 16.4. The second kappa shape index (κ2) is 6.77. The molecule has 2 aromatic heterocycles. The Hall–Kier alpha value is -2.14. The molecule has 0 aromatic carbocycles. The highest BCUT2D eigenvalue weighted by atomic mass is 15.3. The normalized spacial score (nSPS) is 24.5. The Morgan fingerprint density at radius 2 is 1.88 bits per heavy atom. The highest BCUT2D eigenvalue weighted by molar-refractivity contribution is 5.57. The summed E-state index contributed by atoms with van der Waals surface area (Å²) in [7, 11) is 2.30. The number of pyridine rings is 2. The summed E-state index contributed by atoms with van der Waals surface area (Å²) in [5.74, 6) is 0.871. The van der Waals surface area contributed by atoms with Crippen molar-refractivity contribution in [1.29, 1.82) is 0 Å². The standard InChI is InChI=1S/C19H25N5/c1-23-16-3-2-4-18(23)14-24(12-9-16)17-5-6-19(21-13-17)22-15-7-10-20-11-8-15/h5-8,10-11,13,16,18H,2-4,9,12,14H2,1H3,(H,20,21,22). The van der Waals surface area contributed by atoms with E-state index in [1.54, 1.807) is 12.4 Å². The Morgan fingerprint density at radius 3 is 2.67 bits per heavy atom. The monoisotopic (exact) mass is 323 g/mol. The number of aromatic nitrogens is 2. The fourth-order valence-electron chi connectivity index (χ4n) is 3.98. The van der Waals surface area contributed by atoms with Gasteiger partial charge in [0, 0.05) is 43.3 Å². The lowest BCUT2D eigenvalue weighted by Crippen LogP contribution is -2.45. The number of hydrogen-bond donors (Lipinski definition) is 1. The summed E-state index contributed by atoms with van der Waals surface area (Å²) in [5, 5.41) is 3.31. The zero-order valence-electron chi connectivity index (χ0n) is 14.2. The molecule has 4 heterocycles. The first-order chi connectivity index (χ1) is 11.8. The van der Waals surface area contributed by atoms with E-state index in [2.05, 4.69) is 44.3 Å². The number of piperidine rings is 1. The number of anilines is 3. The van der Waals surface area contributed by atoms with Crippen LogP contribution in [0.15, 0.2) is 42.9 Å². The van der Waals surface area contributed by atoms with Gasteiger partial charge in [-0.3, -0.25) is 9.88 Å². The maximum Gasteiger partial charge on any atom is 0.130 e. The Balaban J connectivity index is 1.46. The smallest absolute Gasteiger partial charge is 0.130 e. The van der Waals surface area contributed by atoms with Gasteiger partial charge in [0.15, 0.2) is 0 Å². The molecule has 0 radical (unpaired) electrons. The van der Waals surface area contributed by atoms with E-state index in [1.807, 2.05) is 18.3 Å². The van der Waals surface area contributed by atoms with Gasteiger partial charge >= 0.3 is 0 Å². The first-order valence-electron chi connectivity index (χ1n) is 8.89. The Labute approximate surface area is 143 Å². The molecule has 2 fully saturated rings. The van der Waals surface area contributed by atoms with Gasteiger partial charge in [0.1, 0.15) is 5.82 Å². The van der Waals surface area contributed by atoms with Crippen LogP contribution in [0, 0.1) is 0 Å². The van der Waals surface area contributed by atoms with E-state index in [9.17, 15) is 0 Å². The van der Waals surface area contributed by atoms with Crippen molar-refractivity contribution in [1.82, 2.24) is 14.9 Å². The summed E-state index contributed by atoms with van der Waals surface area (Å²) in [4.78, 5) is 13.7. The molecular weight excluding hydrogens is 298 g/mol. The molecule has 2 aliphatic rings. The first-order valence-corrected chi connectivity index (χ1v) is 8.89. The second-order valence-electron chi connectivity index (χ2n) is 6.90. The van der Waals surface area contributed by atoms with Gasteiger partial charge in [0.25, 0.3) is 0 Å². The predicted molar refractivity (Wildman–Crippen MR) is 97.8 cm³/mol. The second-order valence-corrected chi connectivity index (χ2v) is 6.90. The Bertz CT molecular complexity index is 657. The summed E-state index contributed by atoms with van der Waals surface area (Å²) in [6.45, 7) is 2.25. The lowest BCUT2D eigenvalue weighted by molar-refractivity contribution is 0.127. The highest BCUT2D eigenvalue weighted by Gasteiger charge is 2.32. The number of likely N-dealkylation sites (N-methyl/N-ethyl adjacent to an activating group) is 1. The number of nitrogens with one attached hydrogen (secondary N) is 1. The molecule has 2 atom stereocenters. The van der Waals surface area contributed by atoms with Gasteiger partial charge in [-0.2, -0.15) is 0 Å². The fourth-order valence-corrected chi connectivity index (χ4v) is 3.98. The van der Waals surface area contributed by atoms with Gasteiger partial charge in [-0.15, -0.1) is 0 Å². The third-order valence-electron chi connectivity index (χ3n) is 5.46. The van der Waals surface area contributed by atoms with Gasteiger partial charge < -0.3 is 10.2 Å². The van der Waals surface area contributed by atoms with Crippen LogP contribution in [0.3, 0.4) is 0 Å². The fraction of sp³-hybridized carbons (Fsp3) is 0.474. The summed E-state index contributed by atoms with van der Waals surface area (Å²) >= 11 is 0. The van der Waals surface area contributed by atoms with E-state index >= 15 is 0 Å². The van der Waals surface area contributed by atoms with E-state index in [-0.39, 0.29) is 0 Å². The third-order valence-corrected chi connectivity index (χ3v) is 5.46. The van der Waals surface area contributed by atoms with E-state index < -0.39 is 0 Å². The molecule has 0 amide bonds. The molecule has 1 N–H and O–H groups in total. The van der Waals surface area contributed by atoms with E-state index in [0.29, 0.717) is 6.04 Å². The molecule has 24 heavy (non-hydrogen) atoms. The minimum absolute atomic E-state index is 0.681. The quantitative estimate of drug-likeness (QED) is 0.939. The molecule has 0 saturated carbocycles. The van der Waals surface area contributed by atoms with Crippen LogP contribution < -0.4 is 10.2 Å². The molecule has 4 rings (SSSR count). The van der Waals surface area contributed by atoms with Crippen LogP contribution in [0.5, 0.6) is 0 Å². The van der Waals surface area contributed by atoms with Crippen molar-refractivity contribution in [3.05, 3.63) is 42.9 Å². The summed E-state index contributed by atoms with van der Waals surface area (Å²) in [6, 6.07) is 9.58. The maximum absolute atomic E-state index is 4.60. The van der Waals surface area contributed by atoms with Crippen LogP contribution in [-0.4, -0.2) is 47.1 Å². The van der Waals surface area contributed by atoms with Crippen LogP contribution in [-0.2, 0) is 0 Å². The molecule has 5 nitrogen and oxygen atoms in total. The number of nitrogens with zero attached hydrogens (tertiary/aromatic N) is 4. The van der Waals surface area contributed by atoms with Gasteiger partial charge in [0.2, 0.25) is 0 Å². The average Bonchev–Trinajstić information content (AvgIpc) is 2.71. The molecular formula is C19H25N5. The topological polar surface area (TPSA) is 44.3 Å². The van der Waals surface area contributed by atoms with Crippen molar-refractivity contribution in [3.63, 3.8) is 0 Å². The predicted octanol–water partition coefficient (Wildman–Crippen LogP) is 3.28. The molecule has 2 bridgehead atoms. The van der Waals surface area contributed by atoms with Crippen molar-refractivity contribution in [2.75, 3.05) is 30.4 Å². The molecule has 0 spiro atoms. The first kappa shape index (κ1) is 15.4. The molecule has 5 heteroatoms. The van der Waals surface area contributed by atoms with Crippen molar-refractivity contribution >= 4 is 17.2 Å². The van der Waals surface area contributed by atoms with Crippen LogP contribution in [0.2, 0.25) is 0 Å². The minimum Gasteiger partial charge on any atom is -0.369 e. The van der Waals surface area contributed by atoms with Gasteiger partial charge in [-0.1, -0.05) is 6.42 Å². The molecule has 0 aliphatic carbocycles. The van der Waals surface area contributed by atoms with Gasteiger partial charge in [0.05, 0.1) is 11.9 Å². The van der Waals surface area contributed by atoms with E-state index in [0.717, 1.165) is 30.6 Å². The van der Waals surface area contributed by atoms with Gasteiger partial charge in [-0.25, -0.2) is 4.98 Å². The summed E-state index contributed by atoms with van der Waals surface area (Å²) in [6.07, 6.45) is 10.9. The van der Waals surface area contributed by atoms with Crippen LogP contribution in [0.25, 0.3) is 0 Å². The average molecular weight is 323 g/mol. The largest absolute Gasteiger partial charge is 0.369 e. The number of hydrogen-bond acceptors (Lipinski definition) is 5. The summed E-state index contributed by atoms with van der Waals surface area (Å²) < 4.78 is 0. The number of fused-ring (bicyclic) bond motifs is 2. The molecule has 2 aliphatic heterocycles. The van der Waals surface area contributed by atoms with Crippen LogP contribution >= 0.6 is 0 Å². The van der Waals surface area contributed by atoms with E-state index in [4.69, 9.17) is 0 Å². The summed E-state index contributed by atoms with van der Waals surface area (Å²) in [5.41, 5.74) is 2.24. The molecule has 126 valence electrons. The third kappa shape index (κ3) is 3.22. The zero-order valence-corrected chi connectivity index (χ0v) is 14.2. The van der Waals surface area contributed by atoms with Crippen molar-refractivity contribution in [2.45, 2.75) is 37.8 Å². The lowest BCUT2D eigenvalue weighted by atomic mass is 9.96. The van der Waals surface area contributed by atoms with Crippen molar-refractivity contribution in [2.24, 2.45) is 0 Å². The SMILES string of the molecule is CN1C2CCCC1CN(c1ccc(Nc3ccncc3)nc1)CC2. The van der Waals surface area contributed by atoms with E-state index in [1.165, 1.54) is 31.4 Å². The van der Waals surface area contributed by atoms with Crippen LogP contribution in [0.4, 0.5) is 17.2 Å².